The fourth-order valence-electron chi connectivity index (χ4n) is 3.47. The van der Waals surface area contributed by atoms with Crippen LogP contribution in [0.4, 0.5) is 0 Å². The molecule has 2 aliphatic heterocycles. The van der Waals surface area contributed by atoms with Gasteiger partial charge in [0.1, 0.15) is 0 Å². The van der Waals surface area contributed by atoms with Crippen molar-refractivity contribution in [1.29, 1.82) is 0 Å². The average molecular weight is 286 g/mol. The predicted molar refractivity (Wildman–Crippen MR) is 68.0 cm³/mol. The first-order valence-corrected chi connectivity index (χ1v) is 7.45. The number of aliphatic carboxylic acids is 1. The standard InChI is InChI=1S/C14H22O6/c15-13(16)10-4-5-14(19-7-8-20-14)11(10)9-18-12-3-1-2-6-17-12/h10-12H,1-9H2,(H,15,16). The Balaban J connectivity index is 1.64. The van der Waals surface area contributed by atoms with Crippen molar-refractivity contribution in [2.24, 2.45) is 11.8 Å². The monoisotopic (exact) mass is 286 g/mol. The SMILES string of the molecule is O=C(O)C1CCC2(OCCO2)C1COC1CCCCO1. The number of hydrogen-bond donors (Lipinski definition) is 1. The Labute approximate surface area is 118 Å². The van der Waals surface area contributed by atoms with Crippen molar-refractivity contribution in [3.8, 4) is 0 Å². The molecule has 20 heavy (non-hydrogen) atoms. The summed E-state index contributed by atoms with van der Waals surface area (Å²) in [4.78, 5) is 11.4. The van der Waals surface area contributed by atoms with Gasteiger partial charge < -0.3 is 24.1 Å². The molecule has 3 atom stereocenters. The van der Waals surface area contributed by atoms with Crippen molar-refractivity contribution >= 4 is 5.97 Å². The molecule has 0 bridgehead atoms. The van der Waals surface area contributed by atoms with Crippen LogP contribution in [0.15, 0.2) is 0 Å². The molecule has 1 saturated carbocycles. The lowest BCUT2D eigenvalue weighted by Crippen LogP contribution is -2.42. The molecule has 0 aromatic rings. The molecule has 1 spiro atoms. The number of hydrogen-bond acceptors (Lipinski definition) is 5. The molecule has 3 aliphatic rings. The summed E-state index contributed by atoms with van der Waals surface area (Å²) < 4.78 is 22.8. The molecule has 3 rings (SSSR count). The number of carboxylic acid groups (broad SMARTS) is 1. The Hall–Kier alpha value is -0.690. The lowest BCUT2D eigenvalue weighted by Gasteiger charge is -2.32. The summed E-state index contributed by atoms with van der Waals surface area (Å²) in [5.74, 6) is -2.26. The van der Waals surface area contributed by atoms with E-state index >= 15 is 0 Å². The first-order chi connectivity index (χ1) is 9.71. The van der Waals surface area contributed by atoms with E-state index in [0.717, 1.165) is 25.9 Å². The van der Waals surface area contributed by atoms with Gasteiger partial charge in [0.25, 0.3) is 0 Å². The lowest BCUT2D eigenvalue weighted by atomic mass is 9.93. The van der Waals surface area contributed by atoms with Crippen LogP contribution in [0.5, 0.6) is 0 Å². The summed E-state index contributed by atoms with van der Waals surface area (Å²) in [6.07, 6.45) is 4.03. The first-order valence-electron chi connectivity index (χ1n) is 7.45. The van der Waals surface area contributed by atoms with Crippen molar-refractivity contribution < 1.29 is 28.8 Å². The van der Waals surface area contributed by atoms with Gasteiger partial charge in [0.05, 0.1) is 25.7 Å². The van der Waals surface area contributed by atoms with E-state index in [1.165, 1.54) is 0 Å². The van der Waals surface area contributed by atoms with Crippen LogP contribution >= 0.6 is 0 Å². The highest BCUT2D eigenvalue weighted by Gasteiger charge is 2.55. The Bertz CT molecular complexity index is 346. The van der Waals surface area contributed by atoms with Crippen molar-refractivity contribution in [2.75, 3.05) is 26.4 Å². The van der Waals surface area contributed by atoms with Crippen LogP contribution < -0.4 is 0 Å². The van der Waals surface area contributed by atoms with Crippen LogP contribution in [0.1, 0.15) is 32.1 Å². The second-order valence-corrected chi connectivity index (χ2v) is 5.73. The Morgan fingerprint density at radius 3 is 2.65 bits per heavy atom. The minimum Gasteiger partial charge on any atom is -0.481 e. The third-order valence-corrected chi connectivity index (χ3v) is 4.55. The zero-order valence-corrected chi connectivity index (χ0v) is 11.6. The summed E-state index contributed by atoms with van der Waals surface area (Å²) >= 11 is 0. The van der Waals surface area contributed by atoms with Crippen molar-refractivity contribution in [1.82, 2.24) is 0 Å². The average Bonchev–Trinajstić information content (AvgIpc) is 3.06. The van der Waals surface area contributed by atoms with E-state index < -0.39 is 17.7 Å². The van der Waals surface area contributed by atoms with E-state index in [-0.39, 0.29) is 12.2 Å². The van der Waals surface area contributed by atoms with Crippen LogP contribution in [0.25, 0.3) is 0 Å². The van der Waals surface area contributed by atoms with E-state index in [2.05, 4.69) is 0 Å². The van der Waals surface area contributed by atoms with Gasteiger partial charge >= 0.3 is 5.97 Å². The van der Waals surface area contributed by atoms with E-state index in [9.17, 15) is 9.90 Å². The predicted octanol–water partition coefficient (Wildman–Crippen LogP) is 1.38. The molecule has 2 saturated heterocycles. The summed E-state index contributed by atoms with van der Waals surface area (Å²) in [7, 11) is 0. The highest BCUT2D eigenvalue weighted by Crippen LogP contribution is 2.46. The quantitative estimate of drug-likeness (QED) is 0.841. The molecule has 3 fully saturated rings. The Kier molecular flexibility index (Phi) is 4.26. The second kappa shape index (κ2) is 5.97. The van der Waals surface area contributed by atoms with E-state index in [1.807, 2.05) is 0 Å². The fourth-order valence-corrected chi connectivity index (χ4v) is 3.47. The minimum absolute atomic E-state index is 0.211. The molecule has 0 amide bonds. The molecule has 0 aromatic heterocycles. The molecule has 2 heterocycles. The van der Waals surface area contributed by atoms with Gasteiger partial charge in [-0.1, -0.05) is 0 Å². The third-order valence-electron chi connectivity index (χ3n) is 4.55. The fraction of sp³-hybridized carbons (Fsp3) is 0.929. The van der Waals surface area contributed by atoms with Crippen LogP contribution in [0.2, 0.25) is 0 Å². The van der Waals surface area contributed by atoms with Gasteiger partial charge in [-0.2, -0.15) is 0 Å². The first kappa shape index (κ1) is 14.3. The molecule has 114 valence electrons. The zero-order chi connectivity index (χ0) is 14.0. The van der Waals surface area contributed by atoms with E-state index in [1.54, 1.807) is 0 Å². The maximum absolute atomic E-state index is 11.4. The zero-order valence-electron chi connectivity index (χ0n) is 11.6. The molecular formula is C14H22O6. The van der Waals surface area contributed by atoms with E-state index in [4.69, 9.17) is 18.9 Å². The van der Waals surface area contributed by atoms with Gasteiger partial charge in [0.2, 0.25) is 0 Å². The Morgan fingerprint density at radius 2 is 2.00 bits per heavy atom. The van der Waals surface area contributed by atoms with Crippen LogP contribution in [-0.4, -0.2) is 49.6 Å². The van der Waals surface area contributed by atoms with Crippen LogP contribution in [0.3, 0.4) is 0 Å². The number of carboxylic acids is 1. The van der Waals surface area contributed by atoms with Crippen molar-refractivity contribution in [3.05, 3.63) is 0 Å². The topological polar surface area (TPSA) is 74.2 Å². The van der Waals surface area contributed by atoms with Gasteiger partial charge in [-0.05, 0) is 25.7 Å². The second-order valence-electron chi connectivity index (χ2n) is 5.73. The van der Waals surface area contributed by atoms with Gasteiger partial charge in [-0.15, -0.1) is 0 Å². The molecular weight excluding hydrogens is 264 g/mol. The number of rotatable bonds is 4. The summed E-state index contributed by atoms with van der Waals surface area (Å²) in [5.41, 5.74) is 0. The molecule has 1 N–H and O–H groups in total. The molecule has 1 aliphatic carbocycles. The summed E-state index contributed by atoms with van der Waals surface area (Å²) in [5, 5.41) is 9.37. The number of ether oxygens (including phenoxy) is 4. The molecule has 3 unspecified atom stereocenters. The largest absolute Gasteiger partial charge is 0.481 e. The van der Waals surface area contributed by atoms with Crippen molar-refractivity contribution in [3.63, 3.8) is 0 Å². The van der Waals surface area contributed by atoms with E-state index in [0.29, 0.717) is 32.7 Å². The summed E-state index contributed by atoms with van der Waals surface area (Å²) in [6, 6.07) is 0. The van der Waals surface area contributed by atoms with Gasteiger partial charge in [-0.3, -0.25) is 4.79 Å². The van der Waals surface area contributed by atoms with Gasteiger partial charge in [0.15, 0.2) is 12.1 Å². The van der Waals surface area contributed by atoms with Crippen LogP contribution in [-0.2, 0) is 23.7 Å². The summed E-state index contributed by atoms with van der Waals surface area (Å²) in [6.45, 7) is 2.10. The molecule has 6 nitrogen and oxygen atoms in total. The maximum atomic E-state index is 11.4. The third kappa shape index (κ3) is 2.70. The van der Waals surface area contributed by atoms with Gasteiger partial charge in [-0.25, -0.2) is 0 Å². The molecule has 6 heteroatoms. The number of carbonyl (C=O) groups is 1. The lowest BCUT2D eigenvalue weighted by molar-refractivity contribution is -0.226. The normalized spacial score (nSPS) is 36.5. The highest BCUT2D eigenvalue weighted by molar-refractivity contribution is 5.71. The van der Waals surface area contributed by atoms with Gasteiger partial charge in [0, 0.05) is 18.9 Å². The van der Waals surface area contributed by atoms with Crippen molar-refractivity contribution in [2.45, 2.75) is 44.2 Å². The molecule has 0 aromatic carbocycles. The maximum Gasteiger partial charge on any atom is 0.307 e. The molecule has 0 radical (unpaired) electrons. The van der Waals surface area contributed by atoms with Crippen LogP contribution in [0, 0.1) is 11.8 Å². The minimum atomic E-state index is -0.792. The Morgan fingerprint density at radius 1 is 1.20 bits per heavy atom. The smallest absolute Gasteiger partial charge is 0.307 e. The highest BCUT2D eigenvalue weighted by atomic mass is 16.7.